The van der Waals surface area contributed by atoms with Crippen molar-refractivity contribution in [2.45, 2.75) is 6.54 Å². The van der Waals surface area contributed by atoms with Crippen molar-refractivity contribution in [3.05, 3.63) is 52.7 Å². The highest BCUT2D eigenvalue weighted by atomic mass is 16.3. The predicted octanol–water partition coefficient (Wildman–Crippen LogP) is 0.322. The highest BCUT2D eigenvalue weighted by molar-refractivity contribution is 5.92. The van der Waals surface area contributed by atoms with Gasteiger partial charge in [0.2, 0.25) is 5.43 Å². The maximum Gasteiger partial charge on any atom is 0.268 e. The van der Waals surface area contributed by atoms with Gasteiger partial charge in [0.05, 0.1) is 6.20 Å². The topological polar surface area (TPSA) is 76.3 Å². The molecule has 2 aromatic heterocycles. The molecule has 0 saturated heterocycles. The minimum Gasteiger partial charge on any atom is -0.503 e. The molecule has 0 aromatic carbocycles. The number of amides is 1. The van der Waals surface area contributed by atoms with Crippen LogP contribution < -0.4 is 10.7 Å². The first-order valence-electron chi connectivity index (χ1n) is 5.86. The van der Waals surface area contributed by atoms with Crippen LogP contribution in [0.5, 0.6) is 5.75 Å². The number of carbonyl (C=O) groups excluding carboxylic acids is 1. The van der Waals surface area contributed by atoms with Gasteiger partial charge in [-0.15, -0.1) is 0 Å². The average Bonchev–Trinajstić information content (AvgIpc) is 2.86. The van der Waals surface area contributed by atoms with Crippen LogP contribution in [0.25, 0.3) is 0 Å². The molecule has 0 saturated carbocycles. The number of aryl methyl sites for hydroxylation is 1. The lowest BCUT2D eigenvalue weighted by Crippen LogP contribution is -2.30. The van der Waals surface area contributed by atoms with Crippen LogP contribution in [0.1, 0.15) is 10.5 Å². The van der Waals surface area contributed by atoms with E-state index < -0.39 is 5.43 Å². The van der Waals surface area contributed by atoms with Gasteiger partial charge < -0.3 is 19.6 Å². The molecule has 0 radical (unpaired) electrons. The third-order valence-electron chi connectivity index (χ3n) is 2.77. The predicted molar refractivity (Wildman–Crippen MR) is 70.1 cm³/mol. The number of carbonyl (C=O) groups is 1. The first-order valence-corrected chi connectivity index (χ1v) is 5.86. The lowest BCUT2D eigenvalue weighted by Gasteiger charge is -2.10. The van der Waals surface area contributed by atoms with Crippen molar-refractivity contribution in [3.8, 4) is 5.75 Å². The van der Waals surface area contributed by atoms with Gasteiger partial charge in [-0.25, -0.2) is 0 Å². The van der Waals surface area contributed by atoms with Crippen LogP contribution in [0.15, 0.2) is 41.6 Å². The van der Waals surface area contributed by atoms with Gasteiger partial charge in [-0.2, -0.15) is 0 Å². The van der Waals surface area contributed by atoms with E-state index >= 15 is 0 Å². The number of rotatable bonds is 4. The molecule has 2 N–H and O–H groups in total. The zero-order chi connectivity index (χ0) is 13.8. The van der Waals surface area contributed by atoms with E-state index in [1.807, 2.05) is 29.1 Å². The normalized spacial score (nSPS) is 10.4. The Hall–Kier alpha value is -2.50. The lowest BCUT2D eigenvalue weighted by atomic mass is 10.3. The van der Waals surface area contributed by atoms with Gasteiger partial charge in [0.15, 0.2) is 5.75 Å². The fourth-order valence-electron chi connectivity index (χ4n) is 1.75. The fourth-order valence-corrected chi connectivity index (χ4v) is 1.75. The molecule has 0 spiro atoms. The van der Waals surface area contributed by atoms with E-state index in [0.717, 1.165) is 6.07 Å². The molecule has 6 nitrogen and oxygen atoms in total. The molecule has 1 amide bonds. The Bertz CT molecular complexity index is 629. The summed E-state index contributed by atoms with van der Waals surface area (Å²) >= 11 is 0. The zero-order valence-corrected chi connectivity index (χ0v) is 10.5. The minimum atomic E-state index is -0.561. The second-order valence-corrected chi connectivity index (χ2v) is 4.20. The van der Waals surface area contributed by atoms with E-state index in [2.05, 4.69) is 5.32 Å². The van der Waals surface area contributed by atoms with Crippen LogP contribution in [0.2, 0.25) is 0 Å². The summed E-state index contributed by atoms with van der Waals surface area (Å²) in [5, 5.41) is 12.0. The summed E-state index contributed by atoms with van der Waals surface area (Å²) in [6.07, 6.45) is 5.04. The van der Waals surface area contributed by atoms with Crippen molar-refractivity contribution in [1.82, 2.24) is 14.5 Å². The summed E-state index contributed by atoms with van der Waals surface area (Å²) in [5.74, 6) is -0.710. The van der Waals surface area contributed by atoms with E-state index in [0.29, 0.717) is 13.1 Å². The summed E-state index contributed by atoms with van der Waals surface area (Å²) in [5.41, 5.74) is -0.344. The van der Waals surface area contributed by atoms with Crippen LogP contribution in [0.4, 0.5) is 0 Å². The van der Waals surface area contributed by atoms with Crippen LogP contribution in [0.3, 0.4) is 0 Å². The molecule has 0 unspecified atom stereocenters. The quantitative estimate of drug-likeness (QED) is 0.832. The van der Waals surface area contributed by atoms with Crippen molar-refractivity contribution in [2.75, 3.05) is 6.54 Å². The van der Waals surface area contributed by atoms with Crippen molar-refractivity contribution < 1.29 is 9.90 Å². The maximum atomic E-state index is 11.9. The largest absolute Gasteiger partial charge is 0.503 e. The number of nitrogens with one attached hydrogen (secondary N) is 1. The standard InChI is InChI=1S/C13H15N3O3/c1-15-9-12(18)11(17)8-10(15)13(19)14-4-7-16-5-2-3-6-16/h2-3,5-6,8-9,18H,4,7H2,1H3,(H,14,19). The molecule has 19 heavy (non-hydrogen) atoms. The molecule has 0 atom stereocenters. The van der Waals surface area contributed by atoms with E-state index in [1.54, 1.807) is 7.05 Å². The maximum absolute atomic E-state index is 11.9. The zero-order valence-electron chi connectivity index (χ0n) is 10.5. The number of nitrogens with zero attached hydrogens (tertiary/aromatic N) is 2. The highest BCUT2D eigenvalue weighted by Gasteiger charge is 2.10. The van der Waals surface area contributed by atoms with Crippen molar-refractivity contribution in [2.24, 2.45) is 7.05 Å². The van der Waals surface area contributed by atoms with Gasteiger partial charge in [-0.3, -0.25) is 9.59 Å². The van der Waals surface area contributed by atoms with Crippen molar-refractivity contribution >= 4 is 5.91 Å². The van der Waals surface area contributed by atoms with Gasteiger partial charge >= 0.3 is 0 Å². The van der Waals surface area contributed by atoms with Crippen molar-refractivity contribution in [1.29, 1.82) is 0 Å². The Kier molecular flexibility index (Phi) is 3.70. The molecule has 100 valence electrons. The Labute approximate surface area is 109 Å². The Morgan fingerprint density at radius 3 is 2.74 bits per heavy atom. The Morgan fingerprint density at radius 1 is 1.37 bits per heavy atom. The molecule has 2 rings (SSSR count). The van der Waals surface area contributed by atoms with Gasteiger partial charge in [0.1, 0.15) is 5.69 Å². The summed E-state index contributed by atoms with van der Waals surface area (Å²) in [6.45, 7) is 1.12. The number of pyridine rings is 1. The molecule has 6 heteroatoms. The minimum absolute atomic E-state index is 0.218. The first kappa shape index (κ1) is 12.9. The summed E-state index contributed by atoms with van der Waals surface area (Å²) < 4.78 is 3.36. The molecular formula is C13H15N3O3. The van der Waals surface area contributed by atoms with Crippen LogP contribution in [-0.4, -0.2) is 26.7 Å². The third-order valence-corrected chi connectivity index (χ3v) is 2.77. The monoisotopic (exact) mass is 261 g/mol. The summed E-state index contributed by atoms with van der Waals surface area (Å²) in [7, 11) is 1.60. The molecular weight excluding hydrogens is 246 g/mol. The first-order chi connectivity index (χ1) is 9.08. The molecule has 0 aliphatic carbocycles. The van der Waals surface area contributed by atoms with Crippen LogP contribution >= 0.6 is 0 Å². The number of hydrogen-bond donors (Lipinski definition) is 2. The van der Waals surface area contributed by atoms with E-state index in [4.69, 9.17) is 0 Å². The fraction of sp³-hybridized carbons (Fsp3) is 0.231. The Morgan fingerprint density at radius 2 is 2.05 bits per heavy atom. The number of aromatic nitrogens is 2. The SMILES string of the molecule is Cn1cc(O)c(=O)cc1C(=O)NCCn1cccc1. The molecule has 0 fully saturated rings. The van der Waals surface area contributed by atoms with E-state index in [-0.39, 0.29) is 17.4 Å². The van der Waals surface area contributed by atoms with Gasteiger partial charge in [0, 0.05) is 38.6 Å². The molecule has 0 bridgehead atoms. The second kappa shape index (κ2) is 5.43. The van der Waals surface area contributed by atoms with Gasteiger partial charge in [-0.1, -0.05) is 0 Å². The van der Waals surface area contributed by atoms with Gasteiger partial charge in [-0.05, 0) is 12.1 Å². The van der Waals surface area contributed by atoms with Crippen molar-refractivity contribution in [3.63, 3.8) is 0 Å². The second-order valence-electron chi connectivity index (χ2n) is 4.20. The Balaban J connectivity index is 2.00. The highest BCUT2D eigenvalue weighted by Crippen LogP contribution is 2.02. The third kappa shape index (κ3) is 3.04. The average molecular weight is 261 g/mol. The molecule has 2 aromatic rings. The molecule has 0 aliphatic heterocycles. The number of hydrogen-bond acceptors (Lipinski definition) is 3. The smallest absolute Gasteiger partial charge is 0.268 e. The van der Waals surface area contributed by atoms with Crippen LogP contribution in [-0.2, 0) is 13.6 Å². The number of aromatic hydroxyl groups is 1. The molecule has 2 heterocycles. The van der Waals surface area contributed by atoms with Gasteiger partial charge in [0.25, 0.3) is 5.91 Å². The van der Waals surface area contributed by atoms with E-state index in [9.17, 15) is 14.7 Å². The summed E-state index contributed by atoms with van der Waals surface area (Å²) in [6, 6.07) is 4.94. The van der Waals surface area contributed by atoms with Crippen LogP contribution in [0, 0.1) is 0 Å². The molecule has 0 aliphatic rings. The summed E-state index contributed by atoms with van der Waals surface area (Å²) in [4.78, 5) is 23.2. The lowest BCUT2D eigenvalue weighted by molar-refractivity contribution is 0.0943. The van der Waals surface area contributed by atoms with E-state index in [1.165, 1.54) is 10.8 Å².